The predicted octanol–water partition coefficient (Wildman–Crippen LogP) is 4.63. The molecule has 20 heavy (non-hydrogen) atoms. The van der Waals surface area contributed by atoms with Gasteiger partial charge in [-0.2, -0.15) is 0 Å². The molecular formula is C14H9Br2FO3. The quantitative estimate of drug-likeness (QED) is 0.809. The molecule has 2 aromatic carbocycles. The maximum absolute atomic E-state index is 13.3. The molecule has 2 aromatic rings. The molecule has 0 saturated heterocycles. The molecule has 0 radical (unpaired) electrons. The van der Waals surface area contributed by atoms with Crippen LogP contribution in [0.15, 0.2) is 45.3 Å². The maximum atomic E-state index is 13.3. The molecule has 2 rings (SSSR count). The van der Waals surface area contributed by atoms with Crippen LogP contribution in [0, 0.1) is 5.82 Å². The highest BCUT2D eigenvalue weighted by atomic mass is 79.9. The van der Waals surface area contributed by atoms with Crippen LogP contribution >= 0.6 is 31.9 Å². The summed E-state index contributed by atoms with van der Waals surface area (Å²) in [7, 11) is 0. The minimum absolute atomic E-state index is 0.154. The number of hydrogen-bond donors (Lipinski definition) is 1. The van der Waals surface area contributed by atoms with Gasteiger partial charge in [-0.05, 0) is 51.8 Å². The van der Waals surface area contributed by atoms with Gasteiger partial charge in [0.25, 0.3) is 0 Å². The zero-order valence-corrected chi connectivity index (χ0v) is 13.2. The van der Waals surface area contributed by atoms with Crippen LogP contribution in [0.1, 0.15) is 15.9 Å². The lowest BCUT2D eigenvalue weighted by molar-refractivity contribution is 0.0691. The number of aromatic carboxylic acids is 1. The van der Waals surface area contributed by atoms with E-state index in [4.69, 9.17) is 9.84 Å². The first kappa shape index (κ1) is 15.0. The lowest BCUT2D eigenvalue weighted by atomic mass is 10.1. The average Bonchev–Trinajstić information content (AvgIpc) is 2.39. The van der Waals surface area contributed by atoms with Crippen LogP contribution in [0.3, 0.4) is 0 Å². The van der Waals surface area contributed by atoms with Gasteiger partial charge in [0.05, 0.1) is 10.0 Å². The van der Waals surface area contributed by atoms with E-state index in [1.165, 1.54) is 12.1 Å². The Morgan fingerprint density at radius 3 is 2.60 bits per heavy atom. The molecule has 0 aliphatic carbocycles. The van der Waals surface area contributed by atoms with Gasteiger partial charge in [-0.1, -0.05) is 22.0 Å². The van der Waals surface area contributed by atoms with Gasteiger partial charge in [0.1, 0.15) is 18.2 Å². The van der Waals surface area contributed by atoms with Crippen molar-refractivity contribution in [3.05, 3.63) is 62.3 Å². The van der Waals surface area contributed by atoms with Crippen LogP contribution in [0.4, 0.5) is 4.39 Å². The highest BCUT2D eigenvalue weighted by Crippen LogP contribution is 2.28. The van der Waals surface area contributed by atoms with Crippen LogP contribution in [-0.4, -0.2) is 11.1 Å². The van der Waals surface area contributed by atoms with Crippen molar-refractivity contribution in [2.45, 2.75) is 6.61 Å². The Hall–Kier alpha value is -1.40. The third-order valence-corrected chi connectivity index (χ3v) is 3.66. The Kier molecular flexibility index (Phi) is 4.77. The first-order valence-electron chi connectivity index (χ1n) is 5.57. The molecule has 0 atom stereocenters. The fourth-order valence-electron chi connectivity index (χ4n) is 1.58. The van der Waals surface area contributed by atoms with E-state index >= 15 is 0 Å². The van der Waals surface area contributed by atoms with Crippen molar-refractivity contribution >= 4 is 37.8 Å². The summed E-state index contributed by atoms with van der Waals surface area (Å²) in [4.78, 5) is 10.8. The summed E-state index contributed by atoms with van der Waals surface area (Å²) in [6.07, 6.45) is 0. The van der Waals surface area contributed by atoms with Crippen LogP contribution in [0.5, 0.6) is 5.75 Å². The second kappa shape index (κ2) is 6.37. The van der Waals surface area contributed by atoms with E-state index in [2.05, 4.69) is 31.9 Å². The zero-order valence-electron chi connectivity index (χ0n) is 10.1. The van der Waals surface area contributed by atoms with Crippen LogP contribution in [-0.2, 0) is 6.61 Å². The third-order valence-electron chi connectivity index (χ3n) is 2.55. The first-order chi connectivity index (χ1) is 9.47. The van der Waals surface area contributed by atoms with Crippen LogP contribution in [0.25, 0.3) is 0 Å². The second-order valence-electron chi connectivity index (χ2n) is 3.98. The molecule has 3 nitrogen and oxygen atoms in total. The van der Waals surface area contributed by atoms with Crippen molar-refractivity contribution in [2.24, 2.45) is 0 Å². The Balaban J connectivity index is 2.15. The number of ether oxygens (including phenoxy) is 1. The average molecular weight is 404 g/mol. The molecular weight excluding hydrogens is 395 g/mol. The molecule has 0 aliphatic heterocycles. The van der Waals surface area contributed by atoms with Gasteiger partial charge >= 0.3 is 5.97 Å². The SMILES string of the molecule is O=C(O)c1cc(COc2ccc(Br)cc2Br)ccc1F. The van der Waals surface area contributed by atoms with E-state index < -0.39 is 11.8 Å². The lowest BCUT2D eigenvalue weighted by Crippen LogP contribution is -2.03. The predicted molar refractivity (Wildman–Crippen MR) is 79.5 cm³/mol. The lowest BCUT2D eigenvalue weighted by Gasteiger charge is -2.09. The number of carboxylic acid groups (broad SMARTS) is 1. The smallest absolute Gasteiger partial charge is 0.338 e. The standard InChI is InChI=1S/C14H9Br2FO3/c15-9-2-4-13(11(16)6-9)20-7-8-1-3-12(17)10(5-8)14(18)19/h1-6H,7H2,(H,18,19). The highest BCUT2D eigenvalue weighted by molar-refractivity contribution is 9.11. The Morgan fingerprint density at radius 1 is 1.20 bits per heavy atom. The molecule has 0 heterocycles. The number of rotatable bonds is 4. The maximum Gasteiger partial charge on any atom is 0.338 e. The summed E-state index contributed by atoms with van der Waals surface area (Å²) in [5, 5.41) is 8.86. The molecule has 6 heteroatoms. The topological polar surface area (TPSA) is 46.5 Å². The van der Waals surface area contributed by atoms with Crippen molar-refractivity contribution in [1.82, 2.24) is 0 Å². The Bertz CT molecular complexity index is 659. The van der Waals surface area contributed by atoms with Crippen molar-refractivity contribution < 1.29 is 19.0 Å². The van der Waals surface area contributed by atoms with Crippen molar-refractivity contribution in [3.63, 3.8) is 0 Å². The highest BCUT2D eigenvalue weighted by Gasteiger charge is 2.11. The molecule has 0 fully saturated rings. The summed E-state index contributed by atoms with van der Waals surface area (Å²) >= 11 is 6.69. The molecule has 0 aromatic heterocycles. The van der Waals surface area contributed by atoms with Gasteiger partial charge < -0.3 is 9.84 Å². The number of carbonyl (C=O) groups is 1. The summed E-state index contributed by atoms with van der Waals surface area (Å²) in [6, 6.07) is 9.32. The van der Waals surface area contributed by atoms with E-state index in [1.54, 1.807) is 6.07 Å². The molecule has 1 N–H and O–H groups in total. The summed E-state index contributed by atoms with van der Waals surface area (Å²) in [6.45, 7) is 0.154. The van der Waals surface area contributed by atoms with E-state index in [9.17, 15) is 9.18 Å². The fourth-order valence-corrected chi connectivity index (χ4v) is 2.74. The largest absolute Gasteiger partial charge is 0.488 e. The zero-order chi connectivity index (χ0) is 14.7. The van der Waals surface area contributed by atoms with E-state index in [1.807, 2.05) is 12.1 Å². The Labute approximate surface area is 131 Å². The first-order valence-corrected chi connectivity index (χ1v) is 7.15. The minimum Gasteiger partial charge on any atom is -0.488 e. The second-order valence-corrected chi connectivity index (χ2v) is 5.75. The monoisotopic (exact) mass is 402 g/mol. The van der Waals surface area contributed by atoms with Gasteiger partial charge in [0.2, 0.25) is 0 Å². The fraction of sp³-hybridized carbons (Fsp3) is 0.0714. The summed E-state index contributed by atoms with van der Waals surface area (Å²) < 4.78 is 20.5. The molecule has 0 amide bonds. The molecule has 0 saturated carbocycles. The summed E-state index contributed by atoms with van der Waals surface area (Å²) in [5.41, 5.74) is 0.222. The minimum atomic E-state index is -1.30. The van der Waals surface area contributed by atoms with E-state index in [-0.39, 0.29) is 12.2 Å². The molecule has 0 aliphatic rings. The molecule has 0 unspecified atom stereocenters. The molecule has 104 valence electrons. The van der Waals surface area contributed by atoms with Gasteiger partial charge in [-0.25, -0.2) is 9.18 Å². The van der Waals surface area contributed by atoms with Crippen LogP contribution < -0.4 is 4.74 Å². The van der Waals surface area contributed by atoms with Crippen molar-refractivity contribution in [1.29, 1.82) is 0 Å². The summed E-state index contributed by atoms with van der Waals surface area (Å²) in [5.74, 6) is -1.44. The van der Waals surface area contributed by atoms with Gasteiger partial charge in [-0.3, -0.25) is 0 Å². The van der Waals surface area contributed by atoms with Gasteiger partial charge in [0, 0.05) is 4.47 Å². The van der Waals surface area contributed by atoms with Crippen molar-refractivity contribution in [2.75, 3.05) is 0 Å². The van der Waals surface area contributed by atoms with Crippen LogP contribution in [0.2, 0.25) is 0 Å². The normalized spacial score (nSPS) is 10.3. The number of halogens is 3. The number of benzene rings is 2. The number of hydrogen-bond acceptors (Lipinski definition) is 2. The molecule has 0 spiro atoms. The van der Waals surface area contributed by atoms with E-state index in [0.29, 0.717) is 11.3 Å². The van der Waals surface area contributed by atoms with Crippen molar-refractivity contribution in [3.8, 4) is 5.75 Å². The molecule has 0 bridgehead atoms. The third kappa shape index (κ3) is 3.58. The van der Waals surface area contributed by atoms with Gasteiger partial charge in [0.15, 0.2) is 0 Å². The van der Waals surface area contributed by atoms with Gasteiger partial charge in [-0.15, -0.1) is 0 Å². The van der Waals surface area contributed by atoms with E-state index in [0.717, 1.165) is 15.0 Å². The number of carboxylic acids is 1. The Morgan fingerprint density at radius 2 is 1.95 bits per heavy atom.